The monoisotopic (exact) mass is 197 g/mol. The van der Waals surface area contributed by atoms with Gasteiger partial charge in [-0.05, 0) is 0 Å². The molecule has 2 heterocycles. The smallest absolute Gasteiger partial charge is 0.407 e. The topological polar surface area (TPSA) is 78.6 Å². The van der Waals surface area contributed by atoms with E-state index in [9.17, 15) is 4.79 Å². The average Bonchev–Trinajstić information content (AvgIpc) is 2.70. The van der Waals surface area contributed by atoms with Gasteiger partial charge >= 0.3 is 6.09 Å². The SMILES string of the molecule is O=C(O)N1CCNCC1c1ccon1. The van der Waals surface area contributed by atoms with Crippen LogP contribution >= 0.6 is 0 Å². The van der Waals surface area contributed by atoms with Gasteiger partial charge in [-0.3, -0.25) is 4.90 Å². The number of carbonyl (C=O) groups is 1. The molecule has 0 aliphatic carbocycles. The lowest BCUT2D eigenvalue weighted by Gasteiger charge is -2.32. The predicted octanol–water partition coefficient (Wildman–Crippen LogP) is 0.299. The lowest BCUT2D eigenvalue weighted by molar-refractivity contribution is 0.110. The van der Waals surface area contributed by atoms with Gasteiger partial charge in [-0.25, -0.2) is 4.79 Å². The van der Waals surface area contributed by atoms with E-state index in [0.29, 0.717) is 25.3 Å². The number of aromatic nitrogens is 1. The van der Waals surface area contributed by atoms with Crippen LogP contribution in [0.25, 0.3) is 0 Å². The summed E-state index contributed by atoms with van der Waals surface area (Å²) >= 11 is 0. The molecule has 1 unspecified atom stereocenters. The van der Waals surface area contributed by atoms with E-state index in [1.165, 1.54) is 11.2 Å². The molecule has 1 amide bonds. The summed E-state index contributed by atoms with van der Waals surface area (Å²) in [6.45, 7) is 1.74. The van der Waals surface area contributed by atoms with Gasteiger partial charge in [-0.2, -0.15) is 0 Å². The zero-order valence-electron chi connectivity index (χ0n) is 7.51. The van der Waals surface area contributed by atoms with E-state index in [2.05, 4.69) is 10.5 Å². The Bertz CT molecular complexity index is 312. The molecule has 1 fully saturated rings. The van der Waals surface area contributed by atoms with E-state index < -0.39 is 6.09 Å². The molecule has 1 aromatic rings. The highest BCUT2D eigenvalue weighted by molar-refractivity contribution is 5.65. The van der Waals surface area contributed by atoms with E-state index >= 15 is 0 Å². The standard InChI is InChI=1S/C8H11N3O3/c12-8(13)11-3-2-9-5-7(11)6-1-4-14-10-6/h1,4,7,9H,2-3,5H2,(H,12,13). The molecular formula is C8H11N3O3. The van der Waals surface area contributed by atoms with Crippen LogP contribution in [0.3, 0.4) is 0 Å². The Balaban J connectivity index is 2.18. The molecule has 0 radical (unpaired) electrons. The maximum Gasteiger partial charge on any atom is 0.407 e. The number of carboxylic acid groups (broad SMARTS) is 1. The van der Waals surface area contributed by atoms with Crippen LogP contribution in [-0.4, -0.2) is 40.9 Å². The van der Waals surface area contributed by atoms with Gasteiger partial charge in [-0.1, -0.05) is 5.16 Å². The summed E-state index contributed by atoms with van der Waals surface area (Å²) in [4.78, 5) is 12.3. The van der Waals surface area contributed by atoms with Crippen LogP contribution in [0, 0.1) is 0 Å². The van der Waals surface area contributed by atoms with Gasteiger partial charge in [0.1, 0.15) is 12.0 Å². The number of hydrogen-bond acceptors (Lipinski definition) is 4. The highest BCUT2D eigenvalue weighted by atomic mass is 16.5. The second-order valence-corrected chi connectivity index (χ2v) is 3.12. The van der Waals surface area contributed by atoms with E-state index in [1.807, 2.05) is 0 Å². The van der Waals surface area contributed by atoms with Gasteiger partial charge in [0, 0.05) is 25.7 Å². The molecule has 6 nitrogen and oxygen atoms in total. The molecule has 0 bridgehead atoms. The molecule has 0 spiro atoms. The highest BCUT2D eigenvalue weighted by Crippen LogP contribution is 2.20. The Morgan fingerprint density at radius 2 is 2.64 bits per heavy atom. The van der Waals surface area contributed by atoms with Crippen LogP contribution < -0.4 is 5.32 Å². The Labute approximate surface area is 80.5 Å². The molecule has 76 valence electrons. The molecule has 14 heavy (non-hydrogen) atoms. The van der Waals surface area contributed by atoms with Crippen LogP contribution in [0.2, 0.25) is 0 Å². The van der Waals surface area contributed by atoms with Gasteiger partial charge in [0.05, 0.1) is 6.04 Å². The van der Waals surface area contributed by atoms with Gasteiger partial charge in [-0.15, -0.1) is 0 Å². The summed E-state index contributed by atoms with van der Waals surface area (Å²) in [5.74, 6) is 0. The number of nitrogens with one attached hydrogen (secondary N) is 1. The minimum Gasteiger partial charge on any atom is -0.465 e. The number of piperazine rings is 1. The summed E-state index contributed by atoms with van der Waals surface area (Å²) in [6.07, 6.45) is 0.531. The van der Waals surface area contributed by atoms with Crippen molar-refractivity contribution >= 4 is 6.09 Å². The van der Waals surface area contributed by atoms with E-state index in [-0.39, 0.29) is 6.04 Å². The zero-order chi connectivity index (χ0) is 9.97. The van der Waals surface area contributed by atoms with Crippen LogP contribution in [0.15, 0.2) is 16.9 Å². The fourth-order valence-corrected chi connectivity index (χ4v) is 1.59. The third-order valence-electron chi connectivity index (χ3n) is 2.29. The number of nitrogens with zero attached hydrogens (tertiary/aromatic N) is 2. The van der Waals surface area contributed by atoms with Crippen molar-refractivity contribution in [3.63, 3.8) is 0 Å². The average molecular weight is 197 g/mol. The third kappa shape index (κ3) is 1.56. The second-order valence-electron chi connectivity index (χ2n) is 3.12. The Morgan fingerprint density at radius 1 is 1.79 bits per heavy atom. The van der Waals surface area contributed by atoms with E-state index in [4.69, 9.17) is 9.63 Å². The van der Waals surface area contributed by atoms with Gasteiger partial charge in [0.2, 0.25) is 0 Å². The van der Waals surface area contributed by atoms with Crippen LogP contribution in [0.4, 0.5) is 4.79 Å². The first kappa shape index (κ1) is 9.01. The van der Waals surface area contributed by atoms with Gasteiger partial charge in [0.15, 0.2) is 0 Å². The largest absolute Gasteiger partial charge is 0.465 e. The number of amides is 1. The first-order valence-corrected chi connectivity index (χ1v) is 4.39. The van der Waals surface area contributed by atoms with Crippen LogP contribution in [0.1, 0.15) is 11.7 Å². The first-order chi connectivity index (χ1) is 6.79. The lowest BCUT2D eigenvalue weighted by Crippen LogP contribution is -2.48. The maximum atomic E-state index is 10.9. The minimum atomic E-state index is -0.917. The third-order valence-corrected chi connectivity index (χ3v) is 2.29. The van der Waals surface area contributed by atoms with Crippen molar-refractivity contribution in [1.82, 2.24) is 15.4 Å². The van der Waals surface area contributed by atoms with Gasteiger partial charge < -0.3 is 14.9 Å². The fraction of sp³-hybridized carbons (Fsp3) is 0.500. The molecular weight excluding hydrogens is 186 g/mol. The van der Waals surface area contributed by atoms with Crippen molar-refractivity contribution in [1.29, 1.82) is 0 Å². The molecule has 1 aliphatic rings. The van der Waals surface area contributed by atoms with Crippen molar-refractivity contribution < 1.29 is 14.4 Å². The Morgan fingerprint density at radius 3 is 3.29 bits per heavy atom. The zero-order valence-corrected chi connectivity index (χ0v) is 7.51. The maximum absolute atomic E-state index is 10.9. The molecule has 2 rings (SSSR count). The van der Waals surface area contributed by atoms with Crippen molar-refractivity contribution in [2.24, 2.45) is 0 Å². The summed E-state index contributed by atoms with van der Waals surface area (Å²) < 4.78 is 4.70. The number of hydrogen-bond donors (Lipinski definition) is 2. The first-order valence-electron chi connectivity index (χ1n) is 4.39. The summed E-state index contributed by atoms with van der Waals surface area (Å²) in [6, 6.07) is 1.45. The molecule has 2 N–H and O–H groups in total. The highest BCUT2D eigenvalue weighted by Gasteiger charge is 2.29. The molecule has 1 aromatic heterocycles. The van der Waals surface area contributed by atoms with Crippen molar-refractivity contribution in [2.75, 3.05) is 19.6 Å². The molecule has 1 atom stereocenters. The van der Waals surface area contributed by atoms with Gasteiger partial charge in [0.25, 0.3) is 0 Å². The van der Waals surface area contributed by atoms with Crippen LogP contribution in [0.5, 0.6) is 0 Å². The summed E-state index contributed by atoms with van der Waals surface area (Å²) in [5.41, 5.74) is 0.652. The quantitative estimate of drug-likeness (QED) is 0.676. The van der Waals surface area contributed by atoms with Crippen LogP contribution in [-0.2, 0) is 0 Å². The van der Waals surface area contributed by atoms with Crippen molar-refractivity contribution in [3.05, 3.63) is 18.0 Å². The normalized spacial score (nSPS) is 22.3. The van der Waals surface area contributed by atoms with E-state index in [1.54, 1.807) is 6.07 Å². The lowest BCUT2D eigenvalue weighted by atomic mass is 10.1. The molecule has 1 saturated heterocycles. The molecule has 6 heteroatoms. The van der Waals surface area contributed by atoms with Crippen molar-refractivity contribution in [2.45, 2.75) is 6.04 Å². The minimum absolute atomic E-state index is 0.236. The van der Waals surface area contributed by atoms with E-state index in [0.717, 1.165) is 0 Å². The Kier molecular flexibility index (Phi) is 2.36. The number of rotatable bonds is 1. The van der Waals surface area contributed by atoms with Crippen molar-refractivity contribution in [3.8, 4) is 0 Å². The molecule has 1 aliphatic heterocycles. The molecule has 0 saturated carbocycles. The summed E-state index contributed by atoms with van der Waals surface area (Å²) in [5, 5.41) is 15.8. The second kappa shape index (κ2) is 3.67. The molecule has 0 aromatic carbocycles. The fourth-order valence-electron chi connectivity index (χ4n) is 1.59. The Hall–Kier alpha value is -1.56. The predicted molar refractivity (Wildman–Crippen MR) is 46.8 cm³/mol. The summed E-state index contributed by atoms with van der Waals surface area (Å²) in [7, 11) is 0.